The van der Waals surface area contributed by atoms with E-state index in [9.17, 15) is 9.59 Å². The van der Waals surface area contributed by atoms with Crippen LogP contribution in [0.4, 0.5) is 4.79 Å². The second-order valence-electron chi connectivity index (χ2n) is 7.83. The van der Waals surface area contributed by atoms with E-state index < -0.39 is 23.7 Å². The average molecular weight is 363 g/mol. The molecule has 1 amide bonds. The standard InChI is InChI=1S/C20H29NO5/c1-20(2,3)26-19(24)21-17(12-18(22)23)15-8-10-16(11-9-15)25-13-14-6-4-5-7-14/h8-11,14,17H,4-7,12-13H2,1-3H3,(H,21,24)(H,22,23). The van der Waals surface area contributed by atoms with Gasteiger partial charge >= 0.3 is 12.1 Å². The number of carboxylic acids is 1. The van der Waals surface area contributed by atoms with Gasteiger partial charge in [0.25, 0.3) is 0 Å². The van der Waals surface area contributed by atoms with Crippen molar-refractivity contribution in [1.82, 2.24) is 5.32 Å². The molecule has 1 aromatic carbocycles. The molecule has 26 heavy (non-hydrogen) atoms. The highest BCUT2D eigenvalue weighted by molar-refractivity contribution is 5.72. The predicted molar refractivity (Wildman–Crippen MR) is 98.3 cm³/mol. The molecule has 1 aliphatic carbocycles. The van der Waals surface area contributed by atoms with Gasteiger partial charge in [0, 0.05) is 0 Å². The van der Waals surface area contributed by atoms with Crippen LogP contribution >= 0.6 is 0 Å². The van der Waals surface area contributed by atoms with Crippen LogP contribution < -0.4 is 10.1 Å². The van der Waals surface area contributed by atoms with Gasteiger partial charge < -0.3 is 19.9 Å². The first-order chi connectivity index (χ1) is 12.2. The van der Waals surface area contributed by atoms with Crippen LogP contribution in [0.2, 0.25) is 0 Å². The number of alkyl carbamates (subject to hydrolysis) is 1. The largest absolute Gasteiger partial charge is 0.493 e. The number of carboxylic acid groups (broad SMARTS) is 1. The summed E-state index contributed by atoms with van der Waals surface area (Å²) in [7, 11) is 0. The number of amides is 1. The molecule has 1 atom stereocenters. The molecule has 1 fully saturated rings. The predicted octanol–water partition coefficient (Wildman–Crippen LogP) is 4.30. The molecule has 0 aromatic heterocycles. The molecule has 1 unspecified atom stereocenters. The number of carbonyl (C=O) groups excluding carboxylic acids is 1. The van der Waals surface area contributed by atoms with Crippen molar-refractivity contribution in [1.29, 1.82) is 0 Å². The number of hydrogen-bond acceptors (Lipinski definition) is 4. The van der Waals surface area contributed by atoms with Crippen molar-refractivity contribution in [2.24, 2.45) is 5.92 Å². The van der Waals surface area contributed by atoms with Crippen molar-refractivity contribution >= 4 is 12.1 Å². The Morgan fingerprint density at radius 1 is 1.19 bits per heavy atom. The summed E-state index contributed by atoms with van der Waals surface area (Å²) < 4.78 is 11.0. The first kappa shape index (κ1) is 20.1. The molecule has 1 aromatic rings. The van der Waals surface area contributed by atoms with Gasteiger partial charge in [0.1, 0.15) is 11.4 Å². The van der Waals surface area contributed by atoms with Gasteiger partial charge in [-0.3, -0.25) is 4.79 Å². The van der Waals surface area contributed by atoms with Gasteiger partial charge in [-0.05, 0) is 57.2 Å². The SMILES string of the molecule is CC(C)(C)OC(=O)NC(CC(=O)O)c1ccc(OCC2CCCC2)cc1. The van der Waals surface area contributed by atoms with E-state index in [1.54, 1.807) is 32.9 Å². The summed E-state index contributed by atoms with van der Waals surface area (Å²) in [5.41, 5.74) is 0.0574. The number of benzene rings is 1. The fraction of sp³-hybridized carbons (Fsp3) is 0.600. The lowest BCUT2D eigenvalue weighted by Crippen LogP contribution is -2.35. The molecule has 0 aliphatic heterocycles. The molecular formula is C20H29NO5. The van der Waals surface area contributed by atoms with E-state index in [-0.39, 0.29) is 6.42 Å². The highest BCUT2D eigenvalue weighted by Gasteiger charge is 2.22. The van der Waals surface area contributed by atoms with Gasteiger partial charge in [-0.2, -0.15) is 0 Å². The number of aliphatic carboxylic acids is 1. The Balaban J connectivity index is 1.97. The van der Waals surface area contributed by atoms with Gasteiger partial charge in [0.2, 0.25) is 0 Å². The third-order valence-electron chi connectivity index (χ3n) is 4.31. The maximum Gasteiger partial charge on any atom is 0.408 e. The number of nitrogens with one attached hydrogen (secondary N) is 1. The quantitative estimate of drug-likeness (QED) is 0.754. The smallest absolute Gasteiger partial charge is 0.408 e. The summed E-state index contributed by atoms with van der Waals surface area (Å²) >= 11 is 0. The lowest BCUT2D eigenvalue weighted by Gasteiger charge is -2.23. The topological polar surface area (TPSA) is 84.9 Å². The van der Waals surface area contributed by atoms with Gasteiger partial charge in [-0.15, -0.1) is 0 Å². The van der Waals surface area contributed by atoms with Crippen LogP contribution in [0.5, 0.6) is 5.75 Å². The molecule has 0 radical (unpaired) electrons. The van der Waals surface area contributed by atoms with Crippen LogP contribution in [0.15, 0.2) is 24.3 Å². The Bertz CT molecular complexity index is 600. The van der Waals surface area contributed by atoms with Crippen LogP contribution in [0.25, 0.3) is 0 Å². The summed E-state index contributed by atoms with van der Waals surface area (Å²) in [5, 5.41) is 11.8. The zero-order valence-electron chi connectivity index (χ0n) is 15.8. The van der Waals surface area contributed by atoms with Crippen LogP contribution in [0.3, 0.4) is 0 Å². The molecule has 0 saturated heterocycles. The average Bonchev–Trinajstić information content (AvgIpc) is 3.04. The summed E-state index contributed by atoms with van der Waals surface area (Å²) in [4.78, 5) is 23.1. The van der Waals surface area contributed by atoms with E-state index in [4.69, 9.17) is 14.6 Å². The molecule has 144 valence electrons. The van der Waals surface area contributed by atoms with Crippen LogP contribution in [-0.4, -0.2) is 29.4 Å². The fourth-order valence-electron chi connectivity index (χ4n) is 3.06. The summed E-state index contributed by atoms with van der Waals surface area (Å²) in [6.07, 6.45) is 4.14. The Morgan fingerprint density at radius 3 is 2.35 bits per heavy atom. The number of carbonyl (C=O) groups is 2. The first-order valence-corrected chi connectivity index (χ1v) is 9.17. The third kappa shape index (κ3) is 6.94. The number of hydrogen-bond donors (Lipinski definition) is 2. The first-order valence-electron chi connectivity index (χ1n) is 9.17. The second kappa shape index (κ2) is 8.92. The third-order valence-corrected chi connectivity index (χ3v) is 4.31. The highest BCUT2D eigenvalue weighted by atomic mass is 16.6. The van der Waals surface area contributed by atoms with Crippen molar-refractivity contribution in [2.75, 3.05) is 6.61 Å². The zero-order valence-corrected chi connectivity index (χ0v) is 15.8. The second-order valence-corrected chi connectivity index (χ2v) is 7.83. The van der Waals surface area contributed by atoms with Crippen molar-refractivity contribution in [3.8, 4) is 5.75 Å². The van der Waals surface area contributed by atoms with E-state index in [0.29, 0.717) is 18.1 Å². The molecule has 0 bridgehead atoms. The lowest BCUT2D eigenvalue weighted by molar-refractivity contribution is -0.137. The maximum absolute atomic E-state index is 12.0. The van der Waals surface area contributed by atoms with Gasteiger partial charge in [0.15, 0.2) is 0 Å². The zero-order chi connectivity index (χ0) is 19.2. The van der Waals surface area contributed by atoms with Crippen LogP contribution in [-0.2, 0) is 9.53 Å². The molecule has 2 N–H and O–H groups in total. The van der Waals surface area contributed by atoms with Crippen molar-refractivity contribution < 1.29 is 24.2 Å². The monoisotopic (exact) mass is 363 g/mol. The maximum atomic E-state index is 12.0. The summed E-state index contributed by atoms with van der Waals surface area (Å²) in [5.74, 6) is 0.392. The van der Waals surface area contributed by atoms with Crippen LogP contribution in [0.1, 0.15) is 64.5 Å². The van der Waals surface area contributed by atoms with E-state index in [1.807, 2.05) is 12.1 Å². The molecule has 6 heteroatoms. The van der Waals surface area contributed by atoms with Crippen molar-refractivity contribution in [2.45, 2.75) is 64.5 Å². The molecule has 6 nitrogen and oxygen atoms in total. The van der Waals surface area contributed by atoms with E-state index in [1.165, 1.54) is 25.7 Å². The Labute approximate surface area is 154 Å². The Kier molecular flexibility index (Phi) is 6.89. The molecule has 0 spiro atoms. The van der Waals surface area contributed by atoms with E-state index in [0.717, 1.165) is 5.75 Å². The fourth-order valence-corrected chi connectivity index (χ4v) is 3.06. The van der Waals surface area contributed by atoms with E-state index >= 15 is 0 Å². The normalized spacial score (nSPS) is 16.1. The molecule has 0 heterocycles. The minimum atomic E-state index is -0.993. The number of rotatable bonds is 7. The van der Waals surface area contributed by atoms with Crippen molar-refractivity contribution in [3.05, 3.63) is 29.8 Å². The van der Waals surface area contributed by atoms with Crippen LogP contribution in [0, 0.1) is 5.92 Å². The van der Waals surface area contributed by atoms with Gasteiger partial charge in [-0.1, -0.05) is 25.0 Å². The Morgan fingerprint density at radius 2 is 1.81 bits per heavy atom. The highest BCUT2D eigenvalue weighted by Crippen LogP contribution is 2.26. The van der Waals surface area contributed by atoms with Crippen molar-refractivity contribution in [3.63, 3.8) is 0 Å². The minimum absolute atomic E-state index is 0.221. The number of ether oxygens (including phenoxy) is 2. The molecular weight excluding hydrogens is 334 g/mol. The lowest BCUT2D eigenvalue weighted by atomic mass is 10.0. The molecule has 2 rings (SSSR count). The van der Waals surface area contributed by atoms with E-state index in [2.05, 4.69) is 5.32 Å². The van der Waals surface area contributed by atoms with Gasteiger partial charge in [0.05, 0.1) is 19.1 Å². The van der Waals surface area contributed by atoms with Gasteiger partial charge in [-0.25, -0.2) is 4.79 Å². The summed E-state index contributed by atoms with van der Waals surface area (Å²) in [6.45, 7) is 5.99. The summed E-state index contributed by atoms with van der Waals surface area (Å²) in [6, 6.07) is 6.54. The molecule has 1 saturated carbocycles. The molecule has 1 aliphatic rings. The minimum Gasteiger partial charge on any atom is -0.493 e. The Hall–Kier alpha value is -2.24.